The van der Waals surface area contributed by atoms with Crippen molar-refractivity contribution in [2.45, 2.75) is 19.3 Å². The number of carbonyl (C=O) groups excluding carboxylic acids is 2. The van der Waals surface area contributed by atoms with Gasteiger partial charge in [-0.25, -0.2) is 0 Å². The number of piperidine rings is 1. The van der Waals surface area contributed by atoms with E-state index in [0.29, 0.717) is 52.4 Å². The van der Waals surface area contributed by atoms with Crippen LogP contribution in [0.2, 0.25) is 0 Å². The summed E-state index contributed by atoms with van der Waals surface area (Å²) in [6.45, 7) is 4.28. The number of hydrogen-bond donors (Lipinski definition) is 0. The third-order valence-corrected chi connectivity index (χ3v) is 5.39. The fraction of sp³-hybridized carbons (Fsp3) is 0.579. The van der Waals surface area contributed by atoms with Gasteiger partial charge in [-0.05, 0) is 31.0 Å². The van der Waals surface area contributed by atoms with Crippen LogP contribution in [0.25, 0.3) is 0 Å². The Bertz CT molecular complexity index is 626. The summed E-state index contributed by atoms with van der Waals surface area (Å²) in [4.78, 5) is 28.6. The van der Waals surface area contributed by atoms with Gasteiger partial charge in [0.1, 0.15) is 5.75 Å². The number of morpholine rings is 1. The minimum Gasteiger partial charge on any atom is -0.493 e. The van der Waals surface area contributed by atoms with Crippen LogP contribution < -0.4 is 4.74 Å². The molecule has 2 aliphatic heterocycles. The average Bonchev–Trinajstić information content (AvgIpc) is 2.68. The Morgan fingerprint density at radius 2 is 1.85 bits per heavy atom. The molecule has 0 N–H and O–H groups in total. The second kappa shape index (κ2) is 9.37. The van der Waals surface area contributed by atoms with Crippen molar-refractivity contribution in [3.8, 4) is 5.75 Å². The number of carbonyl (C=O) groups is 2. The van der Waals surface area contributed by atoms with Crippen LogP contribution in [-0.4, -0.2) is 67.6 Å². The highest BCUT2D eigenvalue weighted by molar-refractivity contribution is 9.10. The third-order valence-electron chi connectivity index (χ3n) is 4.90. The maximum Gasteiger partial charge on any atom is 0.225 e. The molecule has 2 saturated heterocycles. The first-order chi connectivity index (χ1) is 12.6. The molecule has 2 aliphatic rings. The molecule has 0 unspecified atom stereocenters. The molecule has 0 aliphatic carbocycles. The van der Waals surface area contributed by atoms with Gasteiger partial charge in [0, 0.05) is 36.6 Å². The minimum absolute atomic E-state index is 0.0371. The molecule has 0 spiro atoms. The second-order valence-electron chi connectivity index (χ2n) is 6.65. The number of nitrogens with zero attached hydrogens (tertiary/aromatic N) is 2. The van der Waals surface area contributed by atoms with E-state index >= 15 is 0 Å². The molecular formula is C19H25BrN2O4. The molecule has 0 atom stereocenters. The van der Waals surface area contributed by atoms with Gasteiger partial charge in [0.25, 0.3) is 0 Å². The van der Waals surface area contributed by atoms with E-state index < -0.39 is 0 Å². The molecule has 0 bridgehead atoms. The fourth-order valence-electron chi connectivity index (χ4n) is 3.39. The maximum absolute atomic E-state index is 12.5. The Morgan fingerprint density at radius 1 is 1.12 bits per heavy atom. The van der Waals surface area contributed by atoms with Gasteiger partial charge in [-0.2, -0.15) is 0 Å². The van der Waals surface area contributed by atoms with Crippen LogP contribution in [0, 0.1) is 5.92 Å². The van der Waals surface area contributed by atoms with E-state index in [1.165, 1.54) is 0 Å². The molecule has 6 nitrogen and oxygen atoms in total. The summed E-state index contributed by atoms with van der Waals surface area (Å²) in [6.07, 6.45) is 1.84. The summed E-state index contributed by atoms with van der Waals surface area (Å²) in [5, 5.41) is 0. The monoisotopic (exact) mass is 424 g/mol. The fourth-order valence-corrected chi connectivity index (χ4v) is 3.77. The molecule has 1 aromatic rings. The van der Waals surface area contributed by atoms with Crippen LogP contribution in [-0.2, 0) is 14.3 Å². The third kappa shape index (κ3) is 5.20. The van der Waals surface area contributed by atoms with Gasteiger partial charge in [-0.1, -0.05) is 22.0 Å². The Labute approximate surface area is 162 Å². The van der Waals surface area contributed by atoms with Crippen molar-refractivity contribution in [1.29, 1.82) is 0 Å². The van der Waals surface area contributed by atoms with Crippen molar-refractivity contribution in [3.63, 3.8) is 0 Å². The number of hydrogen-bond acceptors (Lipinski definition) is 4. The van der Waals surface area contributed by atoms with E-state index in [-0.39, 0.29) is 17.7 Å². The van der Waals surface area contributed by atoms with E-state index in [2.05, 4.69) is 15.9 Å². The number of rotatable bonds is 5. The number of likely N-dealkylation sites (tertiary alicyclic amines) is 1. The zero-order valence-electron chi connectivity index (χ0n) is 14.9. The Morgan fingerprint density at radius 3 is 2.54 bits per heavy atom. The number of benzene rings is 1. The number of amides is 2. The number of ether oxygens (including phenoxy) is 2. The van der Waals surface area contributed by atoms with Gasteiger partial charge in [0.05, 0.1) is 26.2 Å². The Balaban J connectivity index is 1.38. The predicted octanol–water partition coefficient (Wildman–Crippen LogP) is 2.32. The normalized spacial score (nSPS) is 18.7. The highest BCUT2D eigenvalue weighted by Gasteiger charge is 2.30. The zero-order valence-corrected chi connectivity index (χ0v) is 16.4. The van der Waals surface area contributed by atoms with Crippen LogP contribution in [0.15, 0.2) is 28.7 Å². The Kier molecular flexibility index (Phi) is 6.91. The lowest BCUT2D eigenvalue weighted by molar-refractivity contribution is -0.143. The summed E-state index contributed by atoms with van der Waals surface area (Å²) < 4.78 is 11.9. The van der Waals surface area contributed by atoms with Crippen LogP contribution in [0.1, 0.15) is 19.3 Å². The SMILES string of the molecule is O=C(CCOc1cccc(Br)c1)N1CCC(C(=O)N2CCOCC2)CC1. The van der Waals surface area contributed by atoms with Gasteiger partial charge in [0.15, 0.2) is 0 Å². The van der Waals surface area contributed by atoms with E-state index in [4.69, 9.17) is 9.47 Å². The standard InChI is InChI=1S/C19H25BrN2O4/c20-16-2-1-3-17(14-16)26-11-6-18(23)21-7-4-15(5-8-21)19(24)22-9-12-25-13-10-22/h1-3,14-15H,4-13H2. The highest BCUT2D eigenvalue weighted by Crippen LogP contribution is 2.21. The van der Waals surface area contributed by atoms with Crippen LogP contribution >= 0.6 is 15.9 Å². The van der Waals surface area contributed by atoms with Gasteiger partial charge in [0.2, 0.25) is 11.8 Å². The van der Waals surface area contributed by atoms with Crippen molar-refractivity contribution in [2.75, 3.05) is 46.0 Å². The summed E-state index contributed by atoms with van der Waals surface area (Å²) >= 11 is 3.40. The van der Waals surface area contributed by atoms with Crippen LogP contribution in [0.4, 0.5) is 0 Å². The molecule has 2 heterocycles. The molecule has 3 rings (SSSR count). The molecule has 0 radical (unpaired) electrons. The molecule has 142 valence electrons. The lowest BCUT2D eigenvalue weighted by atomic mass is 9.95. The lowest BCUT2D eigenvalue weighted by Gasteiger charge is -2.35. The molecule has 2 amide bonds. The molecule has 26 heavy (non-hydrogen) atoms. The highest BCUT2D eigenvalue weighted by atomic mass is 79.9. The summed E-state index contributed by atoms with van der Waals surface area (Å²) in [6, 6.07) is 7.59. The van der Waals surface area contributed by atoms with Gasteiger partial charge < -0.3 is 19.3 Å². The molecular weight excluding hydrogens is 400 g/mol. The number of halogens is 1. The van der Waals surface area contributed by atoms with E-state index in [1.807, 2.05) is 34.1 Å². The lowest BCUT2D eigenvalue weighted by Crippen LogP contribution is -2.47. The van der Waals surface area contributed by atoms with Crippen molar-refractivity contribution in [1.82, 2.24) is 9.80 Å². The molecule has 0 saturated carbocycles. The molecule has 1 aromatic carbocycles. The first-order valence-electron chi connectivity index (χ1n) is 9.16. The molecule has 0 aromatic heterocycles. The first-order valence-corrected chi connectivity index (χ1v) is 9.95. The van der Waals surface area contributed by atoms with Crippen molar-refractivity contribution in [3.05, 3.63) is 28.7 Å². The van der Waals surface area contributed by atoms with Crippen molar-refractivity contribution < 1.29 is 19.1 Å². The Hall–Kier alpha value is -1.60. The van der Waals surface area contributed by atoms with E-state index in [0.717, 1.165) is 23.1 Å². The summed E-state index contributed by atoms with van der Waals surface area (Å²) in [5.41, 5.74) is 0. The van der Waals surface area contributed by atoms with E-state index in [1.54, 1.807) is 0 Å². The van der Waals surface area contributed by atoms with E-state index in [9.17, 15) is 9.59 Å². The summed E-state index contributed by atoms with van der Waals surface area (Å²) in [5.74, 6) is 1.10. The smallest absolute Gasteiger partial charge is 0.225 e. The maximum atomic E-state index is 12.5. The van der Waals surface area contributed by atoms with Gasteiger partial charge >= 0.3 is 0 Å². The van der Waals surface area contributed by atoms with Crippen molar-refractivity contribution in [2.24, 2.45) is 5.92 Å². The zero-order chi connectivity index (χ0) is 18.4. The quantitative estimate of drug-likeness (QED) is 0.727. The predicted molar refractivity (Wildman–Crippen MR) is 101 cm³/mol. The minimum atomic E-state index is 0.0371. The topological polar surface area (TPSA) is 59.1 Å². The first kappa shape index (κ1) is 19.2. The summed E-state index contributed by atoms with van der Waals surface area (Å²) in [7, 11) is 0. The van der Waals surface area contributed by atoms with Gasteiger partial charge in [-0.15, -0.1) is 0 Å². The van der Waals surface area contributed by atoms with Crippen LogP contribution in [0.5, 0.6) is 5.75 Å². The molecule has 7 heteroatoms. The average molecular weight is 425 g/mol. The van der Waals surface area contributed by atoms with Crippen molar-refractivity contribution >= 4 is 27.7 Å². The molecule has 2 fully saturated rings. The second-order valence-corrected chi connectivity index (χ2v) is 7.56. The van der Waals surface area contributed by atoms with Crippen LogP contribution in [0.3, 0.4) is 0 Å². The largest absolute Gasteiger partial charge is 0.493 e. The van der Waals surface area contributed by atoms with Gasteiger partial charge in [-0.3, -0.25) is 9.59 Å².